The number of benzene rings is 1. The molecule has 1 fully saturated rings. The second-order valence-corrected chi connectivity index (χ2v) is 7.04. The van der Waals surface area contributed by atoms with Crippen molar-refractivity contribution in [2.75, 3.05) is 0 Å². The van der Waals surface area contributed by atoms with Crippen molar-refractivity contribution >= 4 is 5.57 Å². The molecule has 1 aromatic carbocycles. The zero-order valence-electron chi connectivity index (χ0n) is 13.4. The zero-order chi connectivity index (χ0) is 14.7. The van der Waals surface area contributed by atoms with Gasteiger partial charge in [-0.3, -0.25) is 0 Å². The molecule has 1 unspecified atom stereocenters. The van der Waals surface area contributed by atoms with E-state index in [0.717, 1.165) is 17.8 Å². The Kier molecular flexibility index (Phi) is 4.63. The van der Waals surface area contributed by atoms with Crippen LogP contribution in [0.3, 0.4) is 0 Å². The summed E-state index contributed by atoms with van der Waals surface area (Å²) >= 11 is 0. The van der Waals surface area contributed by atoms with Gasteiger partial charge >= 0.3 is 0 Å². The van der Waals surface area contributed by atoms with Gasteiger partial charge in [-0.1, -0.05) is 42.0 Å². The molecule has 0 spiro atoms. The van der Waals surface area contributed by atoms with E-state index in [1.165, 1.54) is 56.1 Å². The predicted octanol–water partition coefficient (Wildman–Crippen LogP) is 6.42. The van der Waals surface area contributed by atoms with Crippen LogP contribution in [0.25, 0.3) is 5.57 Å². The molecular weight excluding hydrogens is 252 g/mol. The average molecular weight is 282 g/mol. The topological polar surface area (TPSA) is 0 Å². The summed E-state index contributed by atoms with van der Waals surface area (Å²) in [5, 5.41) is 0. The maximum absolute atomic E-state index is 3.96. The molecule has 0 heterocycles. The minimum Gasteiger partial charge on any atom is -0.103 e. The Balaban J connectivity index is 0.00000176. The van der Waals surface area contributed by atoms with E-state index in [1.54, 1.807) is 5.57 Å². The quantitative estimate of drug-likeness (QED) is 0.561. The molecule has 0 nitrogen and oxygen atoms in total. The summed E-state index contributed by atoms with van der Waals surface area (Å²) in [5.41, 5.74) is 4.37. The van der Waals surface area contributed by atoms with Crippen LogP contribution in [-0.2, 0) is 0 Å². The minimum absolute atomic E-state index is 0. The van der Waals surface area contributed by atoms with E-state index in [2.05, 4.69) is 49.9 Å². The highest BCUT2D eigenvalue weighted by molar-refractivity contribution is 5.66. The fraction of sp³-hybridized carbons (Fsp3) is 0.524. The zero-order valence-corrected chi connectivity index (χ0v) is 13.4. The Morgan fingerprint density at radius 3 is 2.29 bits per heavy atom. The Morgan fingerprint density at radius 2 is 1.71 bits per heavy atom. The maximum Gasteiger partial charge on any atom is 0 e. The molecule has 1 atom stereocenters. The molecule has 3 rings (SSSR count). The van der Waals surface area contributed by atoms with Gasteiger partial charge in [0.25, 0.3) is 0 Å². The van der Waals surface area contributed by atoms with Gasteiger partial charge in [-0.05, 0) is 80.8 Å². The van der Waals surface area contributed by atoms with Gasteiger partial charge in [0.1, 0.15) is 0 Å². The first kappa shape index (κ1) is 14.6. The lowest BCUT2D eigenvalue weighted by molar-refractivity contribution is 0.212. The third kappa shape index (κ3) is 3.48. The van der Waals surface area contributed by atoms with Crippen molar-refractivity contribution in [2.24, 2.45) is 17.8 Å². The van der Waals surface area contributed by atoms with E-state index in [9.17, 15) is 0 Å². The van der Waals surface area contributed by atoms with Crippen molar-refractivity contribution in [1.29, 1.82) is 0 Å². The lowest BCUT2D eigenvalue weighted by atomic mass is 9.71. The molecule has 0 saturated heterocycles. The number of allylic oxidation sites excluding steroid dienone is 3. The first-order valence-corrected chi connectivity index (χ1v) is 8.65. The Hall–Kier alpha value is -1.30. The summed E-state index contributed by atoms with van der Waals surface area (Å²) in [6, 6.07) is 9.05. The molecule has 0 heteroatoms. The Morgan fingerprint density at radius 1 is 1.00 bits per heavy atom. The highest BCUT2D eigenvalue weighted by atomic mass is 14.3. The van der Waals surface area contributed by atoms with Gasteiger partial charge in [-0.2, -0.15) is 0 Å². The average Bonchev–Trinajstić information content (AvgIpc) is 2.56. The van der Waals surface area contributed by atoms with E-state index in [1.807, 2.05) is 0 Å². The van der Waals surface area contributed by atoms with Crippen LogP contribution in [-0.4, -0.2) is 0 Å². The maximum atomic E-state index is 3.96. The third-order valence-electron chi connectivity index (χ3n) is 5.69. The molecule has 0 aromatic heterocycles. The normalized spacial score (nSPS) is 29.8. The van der Waals surface area contributed by atoms with Crippen molar-refractivity contribution in [3.63, 3.8) is 0 Å². The Labute approximate surface area is 131 Å². The van der Waals surface area contributed by atoms with Gasteiger partial charge in [0.15, 0.2) is 0 Å². The van der Waals surface area contributed by atoms with Crippen molar-refractivity contribution < 1.29 is 1.43 Å². The van der Waals surface area contributed by atoms with Gasteiger partial charge in [-0.25, -0.2) is 0 Å². The first-order valence-electron chi connectivity index (χ1n) is 8.65. The summed E-state index contributed by atoms with van der Waals surface area (Å²) in [6.07, 6.45) is 14.3. The van der Waals surface area contributed by atoms with Crippen molar-refractivity contribution in [2.45, 2.75) is 51.9 Å². The molecule has 114 valence electrons. The summed E-state index contributed by atoms with van der Waals surface area (Å²) < 4.78 is 0. The van der Waals surface area contributed by atoms with Gasteiger partial charge < -0.3 is 0 Å². The monoisotopic (exact) mass is 282 g/mol. The van der Waals surface area contributed by atoms with Crippen molar-refractivity contribution in [3.05, 3.63) is 54.1 Å². The molecular formula is C21H30. The lowest BCUT2D eigenvalue weighted by Crippen LogP contribution is -2.22. The van der Waals surface area contributed by atoms with Crippen LogP contribution >= 0.6 is 0 Å². The summed E-state index contributed by atoms with van der Waals surface area (Å²) in [7, 11) is 0. The largest absolute Gasteiger partial charge is 0.103 e. The lowest BCUT2D eigenvalue weighted by Gasteiger charge is -2.34. The molecule has 0 bridgehead atoms. The highest BCUT2D eigenvalue weighted by Crippen LogP contribution is 2.41. The second kappa shape index (κ2) is 6.64. The highest BCUT2D eigenvalue weighted by Gasteiger charge is 2.27. The minimum atomic E-state index is 0. The summed E-state index contributed by atoms with van der Waals surface area (Å²) in [5.74, 6) is 2.70. The third-order valence-corrected chi connectivity index (χ3v) is 5.69. The molecule has 2 aliphatic rings. The number of aryl methyl sites for hydroxylation is 1. The van der Waals surface area contributed by atoms with Gasteiger partial charge in [0.2, 0.25) is 0 Å². The summed E-state index contributed by atoms with van der Waals surface area (Å²) in [4.78, 5) is 0. The van der Waals surface area contributed by atoms with Gasteiger partial charge in [-0.15, -0.1) is 6.58 Å². The van der Waals surface area contributed by atoms with Crippen LogP contribution in [0.1, 0.15) is 57.5 Å². The molecule has 0 amide bonds. The molecule has 0 N–H and O–H groups in total. The number of rotatable bonds is 3. The van der Waals surface area contributed by atoms with Crippen LogP contribution in [0.15, 0.2) is 43.0 Å². The molecule has 0 aliphatic heterocycles. The van der Waals surface area contributed by atoms with E-state index < -0.39 is 0 Å². The molecule has 21 heavy (non-hydrogen) atoms. The SMILES string of the molecule is C=CC1CCC(C2CC=C(c3ccc(C)cc3)CC2)CC1.[HH]. The molecule has 2 aliphatic carbocycles. The van der Waals surface area contributed by atoms with Crippen LogP contribution < -0.4 is 0 Å². The van der Waals surface area contributed by atoms with E-state index in [-0.39, 0.29) is 1.43 Å². The number of hydrogen-bond acceptors (Lipinski definition) is 0. The van der Waals surface area contributed by atoms with Gasteiger partial charge in [0, 0.05) is 1.43 Å². The van der Waals surface area contributed by atoms with Crippen LogP contribution in [0, 0.1) is 24.7 Å². The second-order valence-electron chi connectivity index (χ2n) is 7.04. The van der Waals surface area contributed by atoms with Crippen LogP contribution in [0.4, 0.5) is 0 Å². The van der Waals surface area contributed by atoms with Crippen LogP contribution in [0.2, 0.25) is 0 Å². The first-order chi connectivity index (χ1) is 10.3. The van der Waals surface area contributed by atoms with Crippen LogP contribution in [0.5, 0.6) is 0 Å². The predicted molar refractivity (Wildman–Crippen MR) is 94.3 cm³/mol. The van der Waals surface area contributed by atoms with E-state index in [4.69, 9.17) is 0 Å². The summed E-state index contributed by atoms with van der Waals surface area (Å²) in [6.45, 7) is 6.12. The van der Waals surface area contributed by atoms with E-state index >= 15 is 0 Å². The molecule has 1 aromatic rings. The Bertz CT molecular complexity index is 503. The number of hydrogen-bond donors (Lipinski definition) is 0. The smallest absolute Gasteiger partial charge is 0 e. The van der Waals surface area contributed by atoms with Crippen molar-refractivity contribution in [3.8, 4) is 0 Å². The van der Waals surface area contributed by atoms with E-state index in [0.29, 0.717) is 0 Å². The fourth-order valence-corrected chi connectivity index (χ4v) is 4.16. The van der Waals surface area contributed by atoms with Gasteiger partial charge in [0.05, 0.1) is 0 Å². The molecule has 1 saturated carbocycles. The van der Waals surface area contributed by atoms with Crippen molar-refractivity contribution in [1.82, 2.24) is 0 Å². The fourth-order valence-electron chi connectivity index (χ4n) is 4.16. The molecule has 0 radical (unpaired) electrons. The standard InChI is InChI=1S/C21H28.H2/c1-3-17-6-10-19(11-7-17)21-14-12-20(13-15-21)18-8-4-16(2)5-9-18;/h3-5,8-9,12,17,19,21H,1,6-7,10-11,13-15H2,2H3;1H.